The van der Waals surface area contributed by atoms with Gasteiger partial charge in [0.25, 0.3) is 0 Å². The quantitative estimate of drug-likeness (QED) is 0.613. The summed E-state index contributed by atoms with van der Waals surface area (Å²) in [7, 11) is 0. The molecule has 0 radical (unpaired) electrons. The number of hydrogen-bond acceptors (Lipinski definition) is 4. The van der Waals surface area contributed by atoms with Crippen molar-refractivity contribution in [3.63, 3.8) is 0 Å². The van der Waals surface area contributed by atoms with Crippen LogP contribution in [0.5, 0.6) is 5.75 Å². The van der Waals surface area contributed by atoms with Gasteiger partial charge in [-0.1, -0.05) is 0 Å². The molecule has 6 heteroatoms. The summed E-state index contributed by atoms with van der Waals surface area (Å²) in [5.74, 6) is 0.836. The summed E-state index contributed by atoms with van der Waals surface area (Å²) in [5.41, 5.74) is 1.60. The molecule has 1 heterocycles. The van der Waals surface area contributed by atoms with Crippen LogP contribution in [0.15, 0.2) is 30.5 Å². The number of benzene rings is 1. The maximum Gasteiger partial charge on any atom is 0.174 e. The van der Waals surface area contributed by atoms with Crippen LogP contribution in [0.3, 0.4) is 0 Å². The van der Waals surface area contributed by atoms with Gasteiger partial charge in [-0.15, -0.1) is 0 Å². The Morgan fingerprint density at radius 1 is 1.37 bits per heavy atom. The zero-order chi connectivity index (χ0) is 13.7. The summed E-state index contributed by atoms with van der Waals surface area (Å²) in [6, 6.07) is 7.61. The van der Waals surface area contributed by atoms with Crippen LogP contribution in [0.25, 0.3) is 0 Å². The lowest BCUT2D eigenvalue weighted by Crippen LogP contribution is -2.12. The Kier molecular flexibility index (Phi) is 4.59. The van der Waals surface area contributed by atoms with Crippen molar-refractivity contribution < 1.29 is 9.84 Å². The molecule has 1 aromatic carbocycles. The standard InChI is InChI=1S/C13H17N3O2S/c1-2-18-10-5-3-9(4-6-10)14-8-12(17)11-7-15-13(19)16-11/h3-7,12,14,17H,2,8H2,1H3,(H2,15,16,19). The lowest BCUT2D eigenvalue weighted by atomic mass is 10.2. The second-order valence-electron chi connectivity index (χ2n) is 4.05. The molecule has 0 aliphatic carbocycles. The van der Waals surface area contributed by atoms with E-state index in [1.54, 1.807) is 6.20 Å². The molecule has 0 aliphatic rings. The van der Waals surface area contributed by atoms with Crippen molar-refractivity contribution in [2.45, 2.75) is 13.0 Å². The van der Waals surface area contributed by atoms with Gasteiger partial charge in [0.15, 0.2) is 4.77 Å². The SMILES string of the molecule is CCOc1ccc(NCC(O)c2c[nH]c(=S)[nH]2)cc1. The van der Waals surface area contributed by atoms with E-state index in [9.17, 15) is 5.11 Å². The Labute approximate surface area is 116 Å². The van der Waals surface area contributed by atoms with Crippen LogP contribution in [0, 0.1) is 4.77 Å². The molecule has 2 aromatic rings. The third-order valence-electron chi connectivity index (χ3n) is 2.64. The maximum absolute atomic E-state index is 9.95. The summed E-state index contributed by atoms with van der Waals surface area (Å²) in [4.78, 5) is 5.71. The maximum atomic E-state index is 9.95. The van der Waals surface area contributed by atoms with Crippen LogP contribution in [0.2, 0.25) is 0 Å². The number of H-pyrrole nitrogens is 2. The molecule has 0 fully saturated rings. The highest BCUT2D eigenvalue weighted by Crippen LogP contribution is 2.17. The highest BCUT2D eigenvalue weighted by molar-refractivity contribution is 7.71. The zero-order valence-corrected chi connectivity index (χ0v) is 11.5. The molecule has 1 aromatic heterocycles. The van der Waals surface area contributed by atoms with Crippen molar-refractivity contribution >= 4 is 17.9 Å². The first-order valence-corrected chi connectivity index (χ1v) is 6.52. The molecule has 1 unspecified atom stereocenters. The Hall–Kier alpha value is -1.79. The number of hydrogen-bond donors (Lipinski definition) is 4. The van der Waals surface area contributed by atoms with E-state index in [1.165, 1.54) is 0 Å². The molecule has 0 saturated carbocycles. The smallest absolute Gasteiger partial charge is 0.174 e. The van der Waals surface area contributed by atoms with Gasteiger partial charge in [-0.25, -0.2) is 0 Å². The van der Waals surface area contributed by atoms with Crippen LogP contribution in [-0.4, -0.2) is 28.2 Å². The Bertz CT molecular complexity index is 562. The van der Waals surface area contributed by atoms with Crippen molar-refractivity contribution in [2.24, 2.45) is 0 Å². The van der Waals surface area contributed by atoms with Gasteiger partial charge in [0.1, 0.15) is 11.9 Å². The number of anilines is 1. The number of aromatic amines is 2. The van der Waals surface area contributed by atoms with Gasteiger partial charge in [-0.3, -0.25) is 0 Å². The molecular formula is C13H17N3O2S. The third-order valence-corrected chi connectivity index (χ3v) is 2.86. The van der Waals surface area contributed by atoms with Gasteiger partial charge in [-0.05, 0) is 43.4 Å². The first-order chi connectivity index (χ1) is 9.19. The van der Waals surface area contributed by atoms with E-state index < -0.39 is 6.10 Å². The van der Waals surface area contributed by atoms with E-state index >= 15 is 0 Å². The monoisotopic (exact) mass is 279 g/mol. The molecule has 4 N–H and O–H groups in total. The van der Waals surface area contributed by atoms with Crippen molar-refractivity contribution in [2.75, 3.05) is 18.5 Å². The summed E-state index contributed by atoms with van der Waals surface area (Å²) >= 11 is 4.91. The number of imidazole rings is 1. The average Bonchev–Trinajstić information content (AvgIpc) is 2.85. The predicted octanol–water partition coefficient (Wildman–Crippen LogP) is 2.62. The predicted molar refractivity (Wildman–Crippen MR) is 77.0 cm³/mol. The average molecular weight is 279 g/mol. The molecule has 0 saturated heterocycles. The number of aliphatic hydroxyl groups excluding tert-OH is 1. The fourth-order valence-electron chi connectivity index (χ4n) is 1.69. The van der Waals surface area contributed by atoms with E-state index in [0.717, 1.165) is 11.4 Å². The van der Waals surface area contributed by atoms with Gasteiger partial charge in [0, 0.05) is 18.4 Å². The van der Waals surface area contributed by atoms with Crippen LogP contribution in [-0.2, 0) is 0 Å². The lowest BCUT2D eigenvalue weighted by Gasteiger charge is -2.11. The molecule has 0 amide bonds. The Balaban J connectivity index is 1.89. The normalized spacial score (nSPS) is 12.1. The molecule has 2 rings (SSSR count). The number of aromatic nitrogens is 2. The van der Waals surface area contributed by atoms with Gasteiger partial charge in [0.05, 0.1) is 12.3 Å². The number of ether oxygens (including phenoxy) is 1. The van der Waals surface area contributed by atoms with Crippen LogP contribution in [0.1, 0.15) is 18.7 Å². The van der Waals surface area contributed by atoms with Crippen LogP contribution in [0.4, 0.5) is 5.69 Å². The number of aliphatic hydroxyl groups is 1. The van der Waals surface area contributed by atoms with Crippen molar-refractivity contribution in [3.05, 3.63) is 40.9 Å². The minimum absolute atomic E-state index is 0.400. The fourth-order valence-corrected chi connectivity index (χ4v) is 1.86. The topological polar surface area (TPSA) is 73.1 Å². The fraction of sp³-hybridized carbons (Fsp3) is 0.308. The first kappa shape index (κ1) is 13.6. The number of nitrogens with one attached hydrogen (secondary N) is 3. The van der Waals surface area contributed by atoms with Crippen molar-refractivity contribution in [1.82, 2.24) is 9.97 Å². The minimum atomic E-state index is -0.639. The van der Waals surface area contributed by atoms with E-state index in [-0.39, 0.29) is 0 Å². The molecular weight excluding hydrogens is 262 g/mol. The largest absolute Gasteiger partial charge is 0.494 e. The minimum Gasteiger partial charge on any atom is -0.494 e. The highest BCUT2D eigenvalue weighted by Gasteiger charge is 2.08. The summed E-state index contributed by atoms with van der Waals surface area (Å²) in [6.45, 7) is 3.00. The van der Waals surface area contributed by atoms with E-state index in [0.29, 0.717) is 23.6 Å². The van der Waals surface area contributed by atoms with Gasteiger partial charge >= 0.3 is 0 Å². The van der Waals surface area contributed by atoms with Crippen molar-refractivity contribution in [1.29, 1.82) is 0 Å². The second kappa shape index (κ2) is 6.40. The van der Waals surface area contributed by atoms with Gasteiger partial charge in [-0.2, -0.15) is 0 Å². The van der Waals surface area contributed by atoms with E-state index in [2.05, 4.69) is 15.3 Å². The van der Waals surface area contributed by atoms with E-state index in [4.69, 9.17) is 17.0 Å². The molecule has 102 valence electrons. The van der Waals surface area contributed by atoms with Gasteiger partial charge < -0.3 is 25.1 Å². The summed E-state index contributed by atoms with van der Waals surface area (Å²) in [5, 5.41) is 13.1. The molecule has 19 heavy (non-hydrogen) atoms. The molecule has 5 nitrogen and oxygen atoms in total. The van der Waals surface area contributed by atoms with Crippen molar-refractivity contribution in [3.8, 4) is 5.75 Å². The van der Waals surface area contributed by atoms with Crippen LogP contribution >= 0.6 is 12.2 Å². The third kappa shape index (κ3) is 3.84. The molecule has 1 atom stereocenters. The first-order valence-electron chi connectivity index (χ1n) is 6.11. The van der Waals surface area contributed by atoms with Crippen LogP contribution < -0.4 is 10.1 Å². The second-order valence-corrected chi connectivity index (χ2v) is 4.46. The van der Waals surface area contributed by atoms with E-state index in [1.807, 2.05) is 31.2 Å². The summed E-state index contributed by atoms with van der Waals surface area (Å²) < 4.78 is 5.87. The highest BCUT2D eigenvalue weighted by atomic mass is 32.1. The van der Waals surface area contributed by atoms with Gasteiger partial charge in [0.2, 0.25) is 0 Å². The zero-order valence-electron chi connectivity index (χ0n) is 10.6. The molecule has 0 spiro atoms. The number of rotatable bonds is 6. The Morgan fingerprint density at radius 2 is 2.11 bits per heavy atom. The lowest BCUT2D eigenvalue weighted by molar-refractivity contribution is 0.187. The molecule has 0 bridgehead atoms. The summed E-state index contributed by atoms with van der Waals surface area (Å²) in [6.07, 6.45) is 1.03. The molecule has 0 aliphatic heterocycles. The Morgan fingerprint density at radius 3 is 2.68 bits per heavy atom.